The van der Waals surface area contributed by atoms with Gasteiger partial charge in [-0.15, -0.1) is 11.3 Å². The minimum atomic E-state index is -0.917. The highest BCUT2D eigenvalue weighted by Crippen LogP contribution is 2.36. The van der Waals surface area contributed by atoms with Gasteiger partial charge < -0.3 is 9.84 Å². The first kappa shape index (κ1) is 11.6. The molecule has 0 radical (unpaired) electrons. The first-order chi connectivity index (χ1) is 8.13. The summed E-state index contributed by atoms with van der Waals surface area (Å²) in [6, 6.07) is 5.24. The molecule has 2 heterocycles. The molecule has 1 N–H and O–H groups in total. The SMILES string of the molecule is COc1cccnc1-c1sc(C(=O)O)cc1C. The molecule has 0 aliphatic rings. The summed E-state index contributed by atoms with van der Waals surface area (Å²) in [6.45, 7) is 1.87. The van der Waals surface area contributed by atoms with E-state index < -0.39 is 5.97 Å². The van der Waals surface area contributed by atoms with Crippen LogP contribution in [0.5, 0.6) is 5.75 Å². The van der Waals surface area contributed by atoms with Crippen molar-refractivity contribution < 1.29 is 14.6 Å². The van der Waals surface area contributed by atoms with Gasteiger partial charge in [0, 0.05) is 6.20 Å². The highest BCUT2D eigenvalue weighted by Gasteiger charge is 2.16. The standard InChI is InChI=1S/C12H11NO3S/c1-7-6-9(12(14)15)17-11(7)10-8(16-2)4-3-5-13-10/h3-6H,1-2H3,(H,14,15). The van der Waals surface area contributed by atoms with E-state index in [1.807, 2.05) is 13.0 Å². The van der Waals surface area contributed by atoms with Crippen LogP contribution in [-0.2, 0) is 0 Å². The van der Waals surface area contributed by atoms with Gasteiger partial charge in [0.05, 0.1) is 12.0 Å². The van der Waals surface area contributed by atoms with Crippen LogP contribution < -0.4 is 4.74 Å². The Bertz CT molecular complexity index is 563. The van der Waals surface area contributed by atoms with E-state index in [-0.39, 0.29) is 0 Å². The van der Waals surface area contributed by atoms with Crippen LogP contribution in [0.4, 0.5) is 0 Å². The third-order valence-electron chi connectivity index (χ3n) is 2.33. The molecule has 0 bridgehead atoms. The molecule has 0 aromatic carbocycles. The lowest BCUT2D eigenvalue weighted by molar-refractivity contribution is 0.0702. The molecule has 0 aliphatic heterocycles. The summed E-state index contributed by atoms with van der Waals surface area (Å²) >= 11 is 1.21. The number of methoxy groups -OCH3 is 1. The molecule has 0 spiro atoms. The maximum absolute atomic E-state index is 10.9. The highest BCUT2D eigenvalue weighted by atomic mass is 32.1. The van der Waals surface area contributed by atoms with E-state index in [1.165, 1.54) is 11.3 Å². The van der Waals surface area contributed by atoms with E-state index in [1.54, 1.807) is 25.4 Å². The molecule has 2 aromatic heterocycles. The second-order valence-electron chi connectivity index (χ2n) is 3.48. The topological polar surface area (TPSA) is 59.4 Å². The molecule has 0 saturated heterocycles. The zero-order valence-corrected chi connectivity index (χ0v) is 10.2. The molecule has 2 rings (SSSR count). The van der Waals surface area contributed by atoms with E-state index in [9.17, 15) is 4.79 Å². The second-order valence-corrected chi connectivity index (χ2v) is 4.53. The molecule has 0 fully saturated rings. The Balaban J connectivity index is 2.56. The number of aromatic nitrogens is 1. The van der Waals surface area contributed by atoms with Gasteiger partial charge in [0.2, 0.25) is 0 Å². The van der Waals surface area contributed by atoms with Crippen molar-refractivity contribution in [3.8, 4) is 16.3 Å². The van der Waals surface area contributed by atoms with Crippen LogP contribution in [0.1, 0.15) is 15.2 Å². The molecular weight excluding hydrogens is 238 g/mol. The number of hydrogen-bond donors (Lipinski definition) is 1. The lowest BCUT2D eigenvalue weighted by atomic mass is 10.2. The molecule has 0 aliphatic carbocycles. The summed E-state index contributed by atoms with van der Waals surface area (Å²) in [4.78, 5) is 16.3. The smallest absolute Gasteiger partial charge is 0.345 e. The molecule has 5 heteroatoms. The zero-order chi connectivity index (χ0) is 12.4. The Morgan fingerprint density at radius 1 is 1.53 bits per heavy atom. The number of rotatable bonds is 3. The minimum absolute atomic E-state index is 0.310. The van der Waals surface area contributed by atoms with Gasteiger partial charge in [-0.1, -0.05) is 0 Å². The number of carboxylic acid groups (broad SMARTS) is 1. The normalized spacial score (nSPS) is 10.2. The highest BCUT2D eigenvalue weighted by molar-refractivity contribution is 7.17. The molecule has 88 valence electrons. The average Bonchev–Trinajstić information content (AvgIpc) is 2.71. The van der Waals surface area contributed by atoms with Gasteiger partial charge in [0.1, 0.15) is 16.3 Å². The number of nitrogens with zero attached hydrogens (tertiary/aromatic N) is 1. The fourth-order valence-corrected chi connectivity index (χ4v) is 2.56. The molecule has 0 unspecified atom stereocenters. The van der Waals surface area contributed by atoms with Gasteiger partial charge in [-0.05, 0) is 30.7 Å². The largest absolute Gasteiger partial charge is 0.494 e. The summed E-state index contributed by atoms with van der Waals surface area (Å²) in [5.74, 6) is -0.270. The summed E-state index contributed by atoms with van der Waals surface area (Å²) in [6.07, 6.45) is 1.66. The van der Waals surface area contributed by atoms with Gasteiger partial charge in [0.15, 0.2) is 0 Å². The molecular formula is C12H11NO3S. The van der Waals surface area contributed by atoms with Crippen LogP contribution in [0, 0.1) is 6.92 Å². The molecule has 0 atom stereocenters. The maximum Gasteiger partial charge on any atom is 0.345 e. The monoisotopic (exact) mass is 249 g/mol. The van der Waals surface area contributed by atoms with Crippen LogP contribution in [0.15, 0.2) is 24.4 Å². The molecule has 4 nitrogen and oxygen atoms in total. The Morgan fingerprint density at radius 3 is 2.88 bits per heavy atom. The minimum Gasteiger partial charge on any atom is -0.494 e. The van der Waals surface area contributed by atoms with E-state index in [0.29, 0.717) is 16.3 Å². The quantitative estimate of drug-likeness (QED) is 0.908. The third-order valence-corrected chi connectivity index (χ3v) is 3.57. The molecule has 2 aromatic rings. The predicted octanol–water partition coefficient (Wildman–Crippen LogP) is 2.83. The lowest BCUT2D eigenvalue weighted by Crippen LogP contribution is -1.90. The summed E-state index contributed by atoms with van der Waals surface area (Å²) in [7, 11) is 1.57. The summed E-state index contributed by atoms with van der Waals surface area (Å²) in [5.41, 5.74) is 1.58. The Labute approximate surface area is 103 Å². The fourth-order valence-electron chi connectivity index (χ4n) is 1.55. The number of aromatic carboxylic acids is 1. The van der Waals surface area contributed by atoms with Crippen molar-refractivity contribution in [3.63, 3.8) is 0 Å². The van der Waals surface area contributed by atoms with Crippen LogP contribution >= 0.6 is 11.3 Å². The van der Waals surface area contributed by atoms with Crippen LogP contribution in [-0.4, -0.2) is 23.2 Å². The van der Waals surface area contributed by atoms with Crippen molar-refractivity contribution in [3.05, 3.63) is 34.8 Å². The number of pyridine rings is 1. The van der Waals surface area contributed by atoms with Crippen molar-refractivity contribution in [2.45, 2.75) is 6.92 Å². The van der Waals surface area contributed by atoms with Crippen molar-refractivity contribution in [1.29, 1.82) is 0 Å². The average molecular weight is 249 g/mol. The van der Waals surface area contributed by atoms with Gasteiger partial charge >= 0.3 is 5.97 Å². The van der Waals surface area contributed by atoms with Crippen molar-refractivity contribution in [2.24, 2.45) is 0 Å². The van der Waals surface area contributed by atoms with Gasteiger partial charge in [-0.25, -0.2) is 4.79 Å². The van der Waals surface area contributed by atoms with E-state index in [2.05, 4.69) is 4.98 Å². The van der Waals surface area contributed by atoms with Crippen LogP contribution in [0.2, 0.25) is 0 Å². The summed E-state index contributed by atoms with van der Waals surface area (Å²) in [5, 5.41) is 8.95. The van der Waals surface area contributed by atoms with Gasteiger partial charge in [-0.2, -0.15) is 0 Å². The number of carbonyl (C=O) groups is 1. The van der Waals surface area contributed by atoms with E-state index in [4.69, 9.17) is 9.84 Å². The Hall–Kier alpha value is -1.88. The number of ether oxygens (including phenoxy) is 1. The van der Waals surface area contributed by atoms with Crippen LogP contribution in [0.25, 0.3) is 10.6 Å². The zero-order valence-electron chi connectivity index (χ0n) is 9.43. The van der Waals surface area contributed by atoms with Crippen LogP contribution in [0.3, 0.4) is 0 Å². The Morgan fingerprint density at radius 2 is 2.29 bits per heavy atom. The molecule has 0 saturated carbocycles. The summed E-state index contributed by atoms with van der Waals surface area (Å²) < 4.78 is 5.22. The van der Waals surface area contributed by atoms with E-state index >= 15 is 0 Å². The number of carboxylic acids is 1. The molecule has 0 amide bonds. The predicted molar refractivity (Wildman–Crippen MR) is 65.8 cm³/mol. The third kappa shape index (κ3) is 2.14. The number of hydrogen-bond acceptors (Lipinski definition) is 4. The van der Waals surface area contributed by atoms with Gasteiger partial charge in [-0.3, -0.25) is 4.98 Å². The first-order valence-electron chi connectivity index (χ1n) is 4.96. The van der Waals surface area contributed by atoms with Gasteiger partial charge in [0.25, 0.3) is 0 Å². The lowest BCUT2D eigenvalue weighted by Gasteiger charge is -2.05. The second kappa shape index (κ2) is 4.55. The van der Waals surface area contributed by atoms with Crippen molar-refractivity contribution in [1.82, 2.24) is 4.98 Å². The van der Waals surface area contributed by atoms with Crippen molar-refractivity contribution >= 4 is 17.3 Å². The fraction of sp³-hybridized carbons (Fsp3) is 0.167. The number of aryl methyl sites for hydroxylation is 1. The maximum atomic E-state index is 10.9. The Kier molecular flexibility index (Phi) is 3.10. The number of thiophene rings is 1. The first-order valence-corrected chi connectivity index (χ1v) is 5.78. The van der Waals surface area contributed by atoms with Crippen molar-refractivity contribution in [2.75, 3.05) is 7.11 Å². The van der Waals surface area contributed by atoms with E-state index in [0.717, 1.165) is 10.4 Å². The molecule has 17 heavy (non-hydrogen) atoms.